The first kappa shape index (κ1) is 19.9. The van der Waals surface area contributed by atoms with Crippen LogP contribution in [0, 0.1) is 0 Å². The molecule has 0 fully saturated rings. The standard InChI is InChI=1S/C23H22N2O4/c24-20-11-16(9-15-5-7-21(26)8-6-15)10-19(12-20)23(29)25-14-18-4-2-1-3-17(18)13-22(27)28/h1-8,10-12,26H,9,13-14,24H2,(H,25,29)(H,27,28). The lowest BCUT2D eigenvalue weighted by Gasteiger charge is -2.11. The molecule has 0 bridgehead atoms. The Morgan fingerprint density at radius 2 is 1.59 bits per heavy atom. The minimum atomic E-state index is -0.918. The summed E-state index contributed by atoms with van der Waals surface area (Å²) in [5.74, 6) is -1.00. The van der Waals surface area contributed by atoms with Crippen LogP contribution in [0.15, 0.2) is 66.7 Å². The van der Waals surface area contributed by atoms with Gasteiger partial charge in [0.15, 0.2) is 0 Å². The first-order valence-electron chi connectivity index (χ1n) is 9.15. The van der Waals surface area contributed by atoms with Crippen molar-refractivity contribution in [2.24, 2.45) is 0 Å². The predicted octanol–water partition coefficient (Wildman–Crippen LogP) is 3.12. The zero-order valence-electron chi connectivity index (χ0n) is 15.8. The smallest absolute Gasteiger partial charge is 0.307 e. The number of hydrogen-bond donors (Lipinski definition) is 4. The fourth-order valence-corrected chi connectivity index (χ4v) is 3.14. The van der Waals surface area contributed by atoms with Crippen molar-refractivity contribution in [3.63, 3.8) is 0 Å². The summed E-state index contributed by atoms with van der Waals surface area (Å²) in [6, 6.07) is 19.2. The Balaban J connectivity index is 1.72. The molecule has 5 N–H and O–H groups in total. The maximum absolute atomic E-state index is 12.6. The molecule has 0 heterocycles. The van der Waals surface area contributed by atoms with Crippen molar-refractivity contribution in [3.05, 3.63) is 94.5 Å². The average Bonchev–Trinajstić information content (AvgIpc) is 2.68. The van der Waals surface area contributed by atoms with E-state index >= 15 is 0 Å². The van der Waals surface area contributed by atoms with Gasteiger partial charge in [0.05, 0.1) is 6.42 Å². The Morgan fingerprint density at radius 3 is 2.28 bits per heavy atom. The van der Waals surface area contributed by atoms with Crippen molar-refractivity contribution < 1.29 is 19.8 Å². The van der Waals surface area contributed by atoms with E-state index in [9.17, 15) is 14.7 Å². The number of phenols is 1. The summed E-state index contributed by atoms with van der Waals surface area (Å²) in [5, 5.41) is 21.3. The van der Waals surface area contributed by atoms with Crippen LogP contribution in [0.3, 0.4) is 0 Å². The van der Waals surface area contributed by atoms with E-state index in [1.54, 1.807) is 42.5 Å². The summed E-state index contributed by atoms with van der Waals surface area (Å²) in [7, 11) is 0. The summed E-state index contributed by atoms with van der Waals surface area (Å²) < 4.78 is 0. The fraction of sp³-hybridized carbons (Fsp3) is 0.130. The first-order chi connectivity index (χ1) is 13.9. The number of hydrogen-bond acceptors (Lipinski definition) is 4. The summed E-state index contributed by atoms with van der Waals surface area (Å²) in [4.78, 5) is 23.6. The highest BCUT2D eigenvalue weighted by Crippen LogP contribution is 2.18. The maximum atomic E-state index is 12.6. The van der Waals surface area contributed by atoms with Gasteiger partial charge in [-0.3, -0.25) is 9.59 Å². The van der Waals surface area contributed by atoms with Crippen LogP contribution in [-0.4, -0.2) is 22.1 Å². The minimum absolute atomic E-state index is 0.0961. The van der Waals surface area contributed by atoms with E-state index in [-0.39, 0.29) is 24.6 Å². The molecule has 0 aliphatic carbocycles. The third-order valence-electron chi connectivity index (χ3n) is 4.52. The average molecular weight is 390 g/mol. The third-order valence-corrected chi connectivity index (χ3v) is 4.52. The minimum Gasteiger partial charge on any atom is -0.508 e. The number of phenolic OH excluding ortho intramolecular Hbond substituents is 1. The van der Waals surface area contributed by atoms with E-state index in [4.69, 9.17) is 10.8 Å². The van der Waals surface area contributed by atoms with Crippen LogP contribution in [0.2, 0.25) is 0 Å². The SMILES string of the molecule is Nc1cc(Cc2ccc(O)cc2)cc(C(=O)NCc2ccccc2CC(=O)O)c1. The summed E-state index contributed by atoms with van der Waals surface area (Å²) in [5.41, 5.74) is 10.2. The van der Waals surface area contributed by atoms with E-state index < -0.39 is 5.97 Å². The molecule has 6 nitrogen and oxygen atoms in total. The number of carboxylic acid groups (broad SMARTS) is 1. The Labute approximate surface area is 168 Å². The van der Waals surface area contributed by atoms with Crippen molar-refractivity contribution in [1.29, 1.82) is 0 Å². The number of aliphatic carboxylic acids is 1. The number of nitrogens with one attached hydrogen (secondary N) is 1. The lowest BCUT2D eigenvalue weighted by atomic mass is 10.0. The zero-order chi connectivity index (χ0) is 20.8. The highest BCUT2D eigenvalue weighted by molar-refractivity contribution is 5.95. The molecule has 0 aromatic heterocycles. The van der Waals surface area contributed by atoms with Crippen molar-refractivity contribution in [2.75, 3.05) is 5.73 Å². The molecule has 0 aliphatic heterocycles. The first-order valence-corrected chi connectivity index (χ1v) is 9.15. The summed E-state index contributed by atoms with van der Waals surface area (Å²) in [6.07, 6.45) is 0.480. The Hall–Kier alpha value is -3.80. The fourth-order valence-electron chi connectivity index (χ4n) is 3.14. The molecule has 0 saturated heterocycles. The molecule has 0 radical (unpaired) electrons. The molecule has 6 heteroatoms. The molecule has 3 rings (SSSR count). The van der Waals surface area contributed by atoms with E-state index in [0.29, 0.717) is 23.2 Å². The largest absolute Gasteiger partial charge is 0.508 e. The number of anilines is 1. The molecular formula is C23H22N2O4. The molecule has 0 atom stereocenters. The topological polar surface area (TPSA) is 113 Å². The number of aromatic hydroxyl groups is 1. The van der Waals surface area contributed by atoms with Crippen LogP contribution < -0.4 is 11.1 Å². The summed E-state index contributed by atoms with van der Waals surface area (Å²) >= 11 is 0. The number of carbonyl (C=O) groups excluding carboxylic acids is 1. The molecular weight excluding hydrogens is 368 g/mol. The number of nitrogens with two attached hydrogens (primary N) is 1. The van der Waals surface area contributed by atoms with Gasteiger partial charge in [0.1, 0.15) is 5.75 Å². The van der Waals surface area contributed by atoms with Crippen LogP contribution in [0.5, 0.6) is 5.75 Å². The van der Waals surface area contributed by atoms with Gasteiger partial charge in [0.2, 0.25) is 0 Å². The van der Waals surface area contributed by atoms with Crippen LogP contribution in [-0.2, 0) is 24.2 Å². The van der Waals surface area contributed by atoms with Crippen LogP contribution in [0.25, 0.3) is 0 Å². The van der Waals surface area contributed by atoms with Gasteiger partial charge in [-0.05, 0) is 59.0 Å². The van der Waals surface area contributed by atoms with Gasteiger partial charge in [0, 0.05) is 17.8 Å². The number of carbonyl (C=O) groups is 2. The van der Waals surface area contributed by atoms with Crippen LogP contribution in [0.1, 0.15) is 32.6 Å². The van der Waals surface area contributed by atoms with Crippen molar-refractivity contribution in [1.82, 2.24) is 5.32 Å². The predicted molar refractivity (Wildman–Crippen MR) is 111 cm³/mol. The molecule has 148 valence electrons. The van der Waals surface area contributed by atoms with Gasteiger partial charge in [-0.15, -0.1) is 0 Å². The molecule has 3 aromatic rings. The van der Waals surface area contributed by atoms with Crippen molar-refractivity contribution in [3.8, 4) is 5.75 Å². The Bertz CT molecular complexity index is 1030. The lowest BCUT2D eigenvalue weighted by Crippen LogP contribution is -2.24. The zero-order valence-corrected chi connectivity index (χ0v) is 15.8. The summed E-state index contributed by atoms with van der Waals surface area (Å²) in [6.45, 7) is 0.227. The second-order valence-corrected chi connectivity index (χ2v) is 6.83. The third kappa shape index (κ3) is 5.59. The molecule has 1 amide bonds. The van der Waals surface area contributed by atoms with Crippen LogP contribution in [0.4, 0.5) is 5.69 Å². The highest BCUT2D eigenvalue weighted by Gasteiger charge is 2.11. The van der Waals surface area contributed by atoms with E-state index in [1.807, 2.05) is 24.3 Å². The monoisotopic (exact) mass is 390 g/mol. The molecule has 0 aliphatic rings. The van der Waals surface area contributed by atoms with Crippen LogP contribution >= 0.6 is 0 Å². The number of nitrogen functional groups attached to an aromatic ring is 1. The maximum Gasteiger partial charge on any atom is 0.307 e. The van der Waals surface area contributed by atoms with Gasteiger partial charge in [0.25, 0.3) is 5.91 Å². The second kappa shape index (κ2) is 8.93. The number of amides is 1. The number of rotatable bonds is 7. The quantitative estimate of drug-likeness (QED) is 0.463. The lowest BCUT2D eigenvalue weighted by molar-refractivity contribution is -0.136. The molecule has 0 unspecified atom stereocenters. The van der Waals surface area contributed by atoms with Gasteiger partial charge in [-0.1, -0.05) is 36.4 Å². The van der Waals surface area contributed by atoms with Crippen molar-refractivity contribution in [2.45, 2.75) is 19.4 Å². The number of benzene rings is 3. The van der Waals surface area contributed by atoms with Gasteiger partial charge >= 0.3 is 5.97 Å². The number of carboxylic acids is 1. The second-order valence-electron chi connectivity index (χ2n) is 6.83. The molecule has 29 heavy (non-hydrogen) atoms. The Kier molecular flexibility index (Phi) is 6.14. The van der Waals surface area contributed by atoms with Gasteiger partial charge in [-0.25, -0.2) is 0 Å². The normalized spacial score (nSPS) is 10.5. The van der Waals surface area contributed by atoms with Crippen molar-refractivity contribution >= 4 is 17.6 Å². The van der Waals surface area contributed by atoms with Gasteiger partial charge < -0.3 is 21.3 Å². The molecule has 0 saturated carbocycles. The molecule has 0 spiro atoms. The highest BCUT2D eigenvalue weighted by atomic mass is 16.4. The van der Waals surface area contributed by atoms with E-state index in [1.165, 1.54) is 0 Å². The van der Waals surface area contributed by atoms with E-state index in [0.717, 1.165) is 16.7 Å². The molecule has 3 aromatic carbocycles. The van der Waals surface area contributed by atoms with Gasteiger partial charge in [-0.2, -0.15) is 0 Å². The Morgan fingerprint density at radius 1 is 0.897 bits per heavy atom. The van der Waals surface area contributed by atoms with E-state index in [2.05, 4.69) is 5.32 Å².